The lowest BCUT2D eigenvalue weighted by atomic mass is 9.95. The summed E-state index contributed by atoms with van der Waals surface area (Å²) in [4.78, 5) is 13.7. The van der Waals surface area contributed by atoms with Crippen LogP contribution in [0.1, 0.15) is 48.0 Å². The Morgan fingerprint density at radius 1 is 1.36 bits per heavy atom. The molecule has 0 aliphatic carbocycles. The zero-order valence-electron chi connectivity index (χ0n) is 14.6. The number of aliphatic hydroxyl groups excluding tert-OH is 2. The summed E-state index contributed by atoms with van der Waals surface area (Å²) in [7, 11) is 0. The van der Waals surface area contributed by atoms with Gasteiger partial charge >= 0.3 is 6.09 Å². The second-order valence-corrected chi connectivity index (χ2v) is 7.38. The first-order valence-electron chi connectivity index (χ1n) is 8.04. The number of carbonyl (C=O) groups is 1. The van der Waals surface area contributed by atoms with E-state index in [0.717, 1.165) is 0 Å². The van der Waals surface area contributed by atoms with E-state index < -0.39 is 30.1 Å². The van der Waals surface area contributed by atoms with Crippen LogP contribution in [-0.2, 0) is 9.47 Å². The Hall–Kier alpha value is -0.850. The highest BCUT2D eigenvalue weighted by Crippen LogP contribution is 2.31. The number of ether oxygens (including phenoxy) is 2. The van der Waals surface area contributed by atoms with Crippen molar-refractivity contribution in [2.45, 2.75) is 72.0 Å². The van der Waals surface area contributed by atoms with Gasteiger partial charge in [0.05, 0.1) is 25.3 Å². The van der Waals surface area contributed by atoms with Crippen molar-refractivity contribution in [2.75, 3.05) is 13.2 Å². The number of β-amino-alcohol motifs (C(OH)–C–C–N with tert-alkyl or cyclic N) is 1. The molecular weight excluding hydrogens is 286 g/mol. The number of amides is 1. The molecule has 4 atom stereocenters. The number of carbonyl (C=O) groups excluding carboxylic acids is 1. The van der Waals surface area contributed by atoms with Crippen LogP contribution in [0.2, 0.25) is 0 Å². The predicted octanol–water partition coefficient (Wildman–Crippen LogP) is 1.98. The molecule has 6 nitrogen and oxygen atoms in total. The summed E-state index contributed by atoms with van der Waals surface area (Å²) in [6, 6.07) is -0.589. The van der Waals surface area contributed by atoms with E-state index in [1.54, 1.807) is 20.8 Å². The van der Waals surface area contributed by atoms with Gasteiger partial charge in [0.2, 0.25) is 0 Å². The SMILES string of the molecule is CC[C@H]1[C@@H](C(O)OCC(C)C)N(C(=O)OC(C)(C)C)C[C@@H]1O. The lowest BCUT2D eigenvalue weighted by Gasteiger charge is -2.33. The zero-order valence-corrected chi connectivity index (χ0v) is 14.6. The van der Waals surface area contributed by atoms with Crippen LogP contribution in [0, 0.1) is 11.8 Å². The number of hydrogen-bond acceptors (Lipinski definition) is 5. The van der Waals surface area contributed by atoms with Crippen molar-refractivity contribution in [2.24, 2.45) is 11.8 Å². The first kappa shape index (κ1) is 19.2. The van der Waals surface area contributed by atoms with Gasteiger partial charge in [-0.15, -0.1) is 0 Å². The molecule has 0 aromatic carbocycles. The third kappa shape index (κ3) is 5.11. The summed E-state index contributed by atoms with van der Waals surface area (Å²) in [6.07, 6.45) is -1.69. The van der Waals surface area contributed by atoms with Crippen molar-refractivity contribution in [3.63, 3.8) is 0 Å². The fraction of sp³-hybridized carbons (Fsp3) is 0.938. The van der Waals surface area contributed by atoms with Crippen LogP contribution in [0.3, 0.4) is 0 Å². The van der Waals surface area contributed by atoms with E-state index in [0.29, 0.717) is 13.0 Å². The van der Waals surface area contributed by atoms with Crippen molar-refractivity contribution in [3.05, 3.63) is 0 Å². The number of rotatable bonds is 5. The van der Waals surface area contributed by atoms with Gasteiger partial charge in [0.1, 0.15) is 5.60 Å². The monoisotopic (exact) mass is 317 g/mol. The largest absolute Gasteiger partial charge is 0.444 e. The van der Waals surface area contributed by atoms with Gasteiger partial charge in [-0.2, -0.15) is 0 Å². The Morgan fingerprint density at radius 2 is 1.95 bits per heavy atom. The standard InChI is InChI=1S/C16H31NO5/c1-7-11-12(18)8-17(15(20)22-16(4,5)6)13(11)14(19)21-9-10(2)3/h10-14,18-19H,7-9H2,1-6H3/t11-,12+,13+,14?/m1/s1. The summed E-state index contributed by atoms with van der Waals surface area (Å²) in [5.41, 5.74) is -0.624. The van der Waals surface area contributed by atoms with Gasteiger partial charge in [0.25, 0.3) is 0 Å². The molecule has 0 aromatic rings. The molecule has 0 saturated carbocycles. The molecule has 2 N–H and O–H groups in total. The fourth-order valence-electron chi connectivity index (χ4n) is 2.70. The topological polar surface area (TPSA) is 79.2 Å². The van der Waals surface area contributed by atoms with E-state index >= 15 is 0 Å². The normalized spacial score (nSPS) is 27.3. The lowest BCUT2D eigenvalue weighted by molar-refractivity contribution is -0.151. The molecule has 1 aliphatic rings. The van der Waals surface area contributed by atoms with E-state index in [1.165, 1.54) is 4.90 Å². The molecule has 0 bridgehead atoms. The summed E-state index contributed by atoms with van der Waals surface area (Å²) in [6.45, 7) is 11.8. The van der Waals surface area contributed by atoms with Crippen LogP contribution in [0.15, 0.2) is 0 Å². The molecule has 130 valence electrons. The second kappa shape index (κ2) is 7.62. The first-order valence-corrected chi connectivity index (χ1v) is 8.04. The van der Waals surface area contributed by atoms with E-state index in [4.69, 9.17) is 9.47 Å². The molecular formula is C16H31NO5. The molecule has 0 aromatic heterocycles. The van der Waals surface area contributed by atoms with Gasteiger partial charge in [0.15, 0.2) is 6.29 Å². The van der Waals surface area contributed by atoms with Crippen LogP contribution in [0.4, 0.5) is 4.79 Å². The van der Waals surface area contributed by atoms with Gasteiger partial charge in [-0.3, -0.25) is 4.90 Å². The van der Waals surface area contributed by atoms with Gasteiger partial charge in [-0.25, -0.2) is 4.79 Å². The Kier molecular flexibility index (Phi) is 6.65. The maximum atomic E-state index is 12.3. The number of aliphatic hydroxyl groups is 2. The van der Waals surface area contributed by atoms with Gasteiger partial charge < -0.3 is 19.7 Å². The quantitative estimate of drug-likeness (QED) is 0.758. The van der Waals surface area contributed by atoms with E-state index in [9.17, 15) is 15.0 Å². The maximum absolute atomic E-state index is 12.3. The highest BCUT2D eigenvalue weighted by atomic mass is 16.6. The van der Waals surface area contributed by atoms with Gasteiger partial charge in [-0.1, -0.05) is 20.8 Å². The molecule has 1 fully saturated rings. The maximum Gasteiger partial charge on any atom is 0.410 e. The average molecular weight is 317 g/mol. The Bertz CT molecular complexity index is 366. The minimum absolute atomic E-state index is 0.153. The van der Waals surface area contributed by atoms with Crippen molar-refractivity contribution in [1.82, 2.24) is 4.90 Å². The number of nitrogens with zero attached hydrogens (tertiary/aromatic N) is 1. The van der Waals surface area contributed by atoms with Crippen molar-refractivity contribution in [1.29, 1.82) is 0 Å². The van der Waals surface area contributed by atoms with Crippen LogP contribution >= 0.6 is 0 Å². The van der Waals surface area contributed by atoms with E-state index in [-0.39, 0.29) is 18.4 Å². The summed E-state index contributed by atoms with van der Waals surface area (Å²) in [5, 5.41) is 20.5. The van der Waals surface area contributed by atoms with Gasteiger partial charge in [0, 0.05) is 5.92 Å². The predicted molar refractivity (Wildman–Crippen MR) is 83.3 cm³/mol. The van der Waals surface area contributed by atoms with E-state index in [2.05, 4.69) is 0 Å². The molecule has 22 heavy (non-hydrogen) atoms. The third-order valence-corrected chi connectivity index (χ3v) is 3.67. The zero-order chi connectivity index (χ0) is 17.1. The third-order valence-electron chi connectivity index (χ3n) is 3.67. The lowest BCUT2D eigenvalue weighted by Crippen LogP contribution is -2.48. The average Bonchev–Trinajstić information content (AvgIpc) is 2.70. The molecule has 0 radical (unpaired) electrons. The Labute approximate surface area is 133 Å². The molecule has 1 amide bonds. The van der Waals surface area contributed by atoms with Crippen molar-refractivity contribution < 1.29 is 24.5 Å². The fourth-order valence-corrected chi connectivity index (χ4v) is 2.70. The van der Waals surface area contributed by atoms with Gasteiger partial charge in [-0.05, 0) is 33.1 Å². The smallest absolute Gasteiger partial charge is 0.410 e. The number of likely N-dealkylation sites (tertiary alicyclic amines) is 1. The summed E-state index contributed by atoms with van der Waals surface area (Å²) < 4.78 is 10.9. The second-order valence-electron chi connectivity index (χ2n) is 7.38. The van der Waals surface area contributed by atoms with E-state index in [1.807, 2.05) is 20.8 Å². The minimum atomic E-state index is -1.13. The van der Waals surface area contributed by atoms with Crippen LogP contribution in [0.5, 0.6) is 0 Å². The Balaban J connectivity index is 2.86. The highest BCUT2D eigenvalue weighted by molar-refractivity contribution is 5.69. The number of hydrogen-bond donors (Lipinski definition) is 2. The molecule has 6 heteroatoms. The molecule has 1 unspecified atom stereocenters. The molecule has 1 saturated heterocycles. The highest BCUT2D eigenvalue weighted by Gasteiger charge is 2.47. The molecule has 1 rings (SSSR count). The van der Waals surface area contributed by atoms with Crippen molar-refractivity contribution >= 4 is 6.09 Å². The molecule has 1 heterocycles. The van der Waals surface area contributed by atoms with Crippen LogP contribution in [-0.4, -0.2) is 58.4 Å². The Morgan fingerprint density at radius 3 is 2.41 bits per heavy atom. The minimum Gasteiger partial charge on any atom is -0.444 e. The van der Waals surface area contributed by atoms with Crippen LogP contribution < -0.4 is 0 Å². The van der Waals surface area contributed by atoms with Crippen molar-refractivity contribution in [3.8, 4) is 0 Å². The summed E-state index contributed by atoms with van der Waals surface area (Å²) >= 11 is 0. The summed E-state index contributed by atoms with van der Waals surface area (Å²) in [5.74, 6) is 0.0470. The molecule has 1 aliphatic heterocycles. The van der Waals surface area contributed by atoms with Crippen LogP contribution in [0.25, 0.3) is 0 Å². The first-order chi connectivity index (χ1) is 10.1. The molecule has 0 spiro atoms.